The van der Waals surface area contributed by atoms with Crippen LogP contribution in [0.25, 0.3) is 0 Å². The van der Waals surface area contributed by atoms with E-state index in [0.29, 0.717) is 13.1 Å². The largest absolute Gasteiger partial charge is 0.342 e. The number of sulfonamides is 1. The standard InChI is InChI=1S/C13H22N2O3S/c16-13(14-7-3-1-2-4-8-14)11-9-15(10-11)19(17,18)12-5-6-12/h11-12H,1-10H2. The van der Waals surface area contributed by atoms with Gasteiger partial charge in [-0.05, 0) is 25.7 Å². The van der Waals surface area contributed by atoms with Crippen molar-refractivity contribution in [2.45, 2.75) is 43.8 Å². The summed E-state index contributed by atoms with van der Waals surface area (Å²) in [4.78, 5) is 14.2. The third-order valence-electron chi connectivity index (χ3n) is 4.42. The van der Waals surface area contributed by atoms with Crippen molar-refractivity contribution in [3.63, 3.8) is 0 Å². The minimum absolute atomic E-state index is 0.0911. The average Bonchev–Trinajstić information content (AvgIpc) is 3.14. The van der Waals surface area contributed by atoms with Gasteiger partial charge in [0.15, 0.2) is 0 Å². The van der Waals surface area contributed by atoms with Gasteiger partial charge >= 0.3 is 0 Å². The van der Waals surface area contributed by atoms with Gasteiger partial charge in [-0.1, -0.05) is 12.8 Å². The van der Waals surface area contributed by atoms with E-state index in [1.165, 1.54) is 17.1 Å². The van der Waals surface area contributed by atoms with Gasteiger partial charge in [0, 0.05) is 26.2 Å². The molecule has 0 bridgehead atoms. The minimum Gasteiger partial charge on any atom is -0.342 e. The van der Waals surface area contributed by atoms with E-state index >= 15 is 0 Å². The fraction of sp³-hybridized carbons (Fsp3) is 0.923. The molecule has 108 valence electrons. The molecule has 1 saturated carbocycles. The first-order valence-electron chi connectivity index (χ1n) is 7.37. The molecule has 0 aromatic heterocycles. The molecule has 0 radical (unpaired) electrons. The molecule has 1 amide bonds. The number of carbonyl (C=O) groups excluding carboxylic acids is 1. The molecule has 5 nitrogen and oxygen atoms in total. The molecule has 0 aromatic rings. The number of amides is 1. The summed E-state index contributed by atoms with van der Waals surface area (Å²) >= 11 is 0. The summed E-state index contributed by atoms with van der Waals surface area (Å²) in [5, 5.41) is -0.151. The first-order valence-corrected chi connectivity index (χ1v) is 8.87. The van der Waals surface area contributed by atoms with Crippen molar-refractivity contribution in [1.29, 1.82) is 0 Å². The third kappa shape index (κ3) is 2.65. The van der Waals surface area contributed by atoms with Crippen molar-refractivity contribution in [3.05, 3.63) is 0 Å². The third-order valence-corrected chi connectivity index (χ3v) is 6.75. The molecular weight excluding hydrogens is 264 g/mol. The predicted molar refractivity (Wildman–Crippen MR) is 72.1 cm³/mol. The molecule has 0 N–H and O–H groups in total. The average molecular weight is 286 g/mol. The Balaban J connectivity index is 1.53. The first-order chi connectivity index (χ1) is 9.09. The lowest BCUT2D eigenvalue weighted by molar-refractivity contribution is -0.138. The highest BCUT2D eigenvalue weighted by molar-refractivity contribution is 7.90. The molecule has 0 aromatic carbocycles. The van der Waals surface area contributed by atoms with Gasteiger partial charge in [0.1, 0.15) is 0 Å². The Kier molecular flexibility index (Phi) is 3.55. The van der Waals surface area contributed by atoms with Crippen LogP contribution in [0.1, 0.15) is 38.5 Å². The van der Waals surface area contributed by atoms with Crippen molar-refractivity contribution in [1.82, 2.24) is 9.21 Å². The van der Waals surface area contributed by atoms with Crippen LogP contribution < -0.4 is 0 Å². The van der Waals surface area contributed by atoms with Crippen LogP contribution in [0.15, 0.2) is 0 Å². The van der Waals surface area contributed by atoms with Crippen molar-refractivity contribution in [2.24, 2.45) is 5.92 Å². The molecule has 3 rings (SSSR count). The number of nitrogens with zero attached hydrogens (tertiary/aromatic N) is 2. The van der Waals surface area contributed by atoms with Gasteiger partial charge in [-0.2, -0.15) is 4.31 Å². The summed E-state index contributed by atoms with van der Waals surface area (Å²) in [7, 11) is -3.07. The van der Waals surface area contributed by atoms with E-state index in [0.717, 1.165) is 38.8 Å². The van der Waals surface area contributed by atoms with E-state index in [1.807, 2.05) is 4.90 Å². The predicted octanol–water partition coefficient (Wildman–Crippen LogP) is 0.813. The number of carbonyl (C=O) groups is 1. The maximum Gasteiger partial charge on any atom is 0.228 e. The Labute approximate surface area is 115 Å². The summed E-state index contributed by atoms with van der Waals surface area (Å²) < 4.78 is 25.5. The zero-order chi connectivity index (χ0) is 13.5. The summed E-state index contributed by atoms with van der Waals surface area (Å²) in [6.07, 6.45) is 6.17. The summed E-state index contributed by atoms with van der Waals surface area (Å²) in [5.74, 6) is 0.0794. The van der Waals surface area contributed by atoms with E-state index in [9.17, 15) is 13.2 Å². The summed E-state index contributed by atoms with van der Waals surface area (Å²) in [6, 6.07) is 0. The number of hydrogen-bond acceptors (Lipinski definition) is 3. The molecule has 1 aliphatic carbocycles. The Morgan fingerprint density at radius 1 is 0.947 bits per heavy atom. The molecule has 2 aliphatic heterocycles. The second-order valence-corrected chi connectivity index (χ2v) is 8.21. The molecule has 19 heavy (non-hydrogen) atoms. The van der Waals surface area contributed by atoms with Gasteiger partial charge in [0.25, 0.3) is 0 Å². The maximum atomic E-state index is 12.3. The van der Waals surface area contributed by atoms with Gasteiger partial charge in [0.05, 0.1) is 11.2 Å². The van der Waals surface area contributed by atoms with E-state index in [2.05, 4.69) is 0 Å². The first kappa shape index (κ1) is 13.4. The topological polar surface area (TPSA) is 57.7 Å². The van der Waals surface area contributed by atoms with Gasteiger partial charge in [-0.3, -0.25) is 4.79 Å². The van der Waals surface area contributed by atoms with Crippen LogP contribution in [0.2, 0.25) is 0 Å². The van der Waals surface area contributed by atoms with Crippen LogP contribution >= 0.6 is 0 Å². The van der Waals surface area contributed by atoms with Crippen molar-refractivity contribution in [2.75, 3.05) is 26.2 Å². The van der Waals surface area contributed by atoms with Gasteiger partial charge in [0.2, 0.25) is 15.9 Å². The molecule has 0 spiro atoms. The molecule has 6 heteroatoms. The Morgan fingerprint density at radius 2 is 1.53 bits per heavy atom. The molecule has 3 fully saturated rings. The van der Waals surface area contributed by atoms with Crippen LogP contribution in [0, 0.1) is 5.92 Å². The molecule has 3 aliphatic rings. The molecule has 2 saturated heterocycles. The van der Waals surface area contributed by atoms with Crippen LogP contribution in [0.5, 0.6) is 0 Å². The molecule has 0 atom stereocenters. The lowest BCUT2D eigenvalue weighted by atomic mass is 10.0. The van der Waals surface area contributed by atoms with Crippen LogP contribution in [-0.4, -0.2) is 55.0 Å². The molecular formula is C13H22N2O3S. The van der Waals surface area contributed by atoms with Gasteiger partial charge < -0.3 is 4.90 Å². The SMILES string of the molecule is O=C(C1CN(S(=O)(=O)C2CC2)C1)N1CCCCCC1. The molecule has 0 unspecified atom stereocenters. The van der Waals surface area contributed by atoms with Crippen LogP contribution in [0.3, 0.4) is 0 Å². The van der Waals surface area contributed by atoms with Gasteiger partial charge in [-0.25, -0.2) is 8.42 Å². The summed E-state index contributed by atoms with van der Waals surface area (Å²) in [6.45, 7) is 2.53. The van der Waals surface area contributed by atoms with Crippen molar-refractivity contribution >= 4 is 15.9 Å². The Hall–Kier alpha value is -0.620. The van der Waals surface area contributed by atoms with Crippen LogP contribution in [0.4, 0.5) is 0 Å². The van der Waals surface area contributed by atoms with Crippen LogP contribution in [-0.2, 0) is 14.8 Å². The fourth-order valence-electron chi connectivity index (χ4n) is 2.93. The second-order valence-electron chi connectivity index (χ2n) is 6.00. The monoisotopic (exact) mass is 286 g/mol. The van der Waals surface area contributed by atoms with E-state index in [-0.39, 0.29) is 17.1 Å². The highest BCUT2D eigenvalue weighted by Crippen LogP contribution is 2.34. The fourth-order valence-corrected chi connectivity index (χ4v) is 4.86. The van der Waals surface area contributed by atoms with Crippen molar-refractivity contribution in [3.8, 4) is 0 Å². The number of hydrogen-bond donors (Lipinski definition) is 0. The smallest absolute Gasteiger partial charge is 0.228 e. The lowest BCUT2D eigenvalue weighted by Gasteiger charge is -2.39. The quantitative estimate of drug-likeness (QED) is 0.771. The Bertz CT molecular complexity index is 445. The Morgan fingerprint density at radius 3 is 2.05 bits per heavy atom. The number of likely N-dealkylation sites (tertiary alicyclic amines) is 1. The zero-order valence-electron chi connectivity index (χ0n) is 11.3. The highest BCUT2D eigenvalue weighted by Gasteiger charge is 2.47. The van der Waals surface area contributed by atoms with E-state index < -0.39 is 10.0 Å². The van der Waals surface area contributed by atoms with Crippen molar-refractivity contribution < 1.29 is 13.2 Å². The van der Waals surface area contributed by atoms with E-state index in [4.69, 9.17) is 0 Å². The van der Waals surface area contributed by atoms with Gasteiger partial charge in [-0.15, -0.1) is 0 Å². The highest BCUT2D eigenvalue weighted by atomic mass is 32.2. The lowest BCUT2D eigenvalue weighted by Crippen LogP contribution is -2.57. The van der Waals surface area contributed by atoms with E-state index in [1.54, 1.807) is 0 Å². The number of rotatable bonds is 3. The maximum absolute atomic E-state index is 12.3. The summed E-state index contributed by atoms with van der Waals surface area (Å²) in [5.41, 5.74) is 0. The second kappa shape index (κ2) is 5.05. The minimum atomic E-state index is -3.07. The zero-order valence-corrected chi connectivity index (χ0v) is 12.1. The molecule has 2 heterocycles. The normalized spacial score (nSPS) is 26.8.